The number of anilines is 1. The molecule has 0 amide bonds. The second-order valence-corrected chi connectivity index (χ2v) is 8.32. The molecule has 0 spiro atoms. The van der Waals surface area contributed by atoms with E-state index in [0.717, 1.165) is 23.8 Å². The average Bonchev–Trinajstić information content (AvgIpc) is 3.17. The molecule has 0 saturated carbocycles. The summed E-state index contributed by atoms with van der Waals surface area (Å²) in [7, 11) is 1.71. The zero-order chi connectivity index (χ0) is 19.3. The third-order valence-corrected chi connectivity index (χ3v) is 6.95. The van der Waals surface area contributed by atoms with Crippen molar-refractivity contribution in [2.24, 2.45) is 5.92 Å². The van der Waals surface area contributed by atoms with E-state index in [2.05, 4.69) is 40.1 Å². The van der Waals surface area contributed by atoms with Gasteiger partial charge in [-0.3, -0.25) is 4.90 Å². The van der Waals surface area contributed by atoms with Crippen LogP contribution in [0, 0.1) is 24.2 Å². The molecule has 144 valence electrons. The van der Waals surface area contributed by atoms with E-state index >= 15 is 0 Å². The molecule has 4 aliphatic rings. The van der Waals surface area contributed by atoms with E-state index in [1.807, 2.05) is 19.1 Å². The fourth-order valence-corrected chi connectivity index (χ4v) is 5.66. The van der Waals surface area contributed by atoms with Crippen molar-refractivity contribution in [3.63, 3.8) is 0 Å². The highest BCUT2D eigenvalue weighted by Crippen LogP contribution is 2.48. The molecule has 0 N–H and O–H groups in total. The summed E-state index contributed by atoms with van der Waals surface area (Å²) in [5.41, 5.74) is 3.02. The van der Waals surface area contributed by atoms with Crippen LogP contribution in [0.5, 0.6) is 5.75 Å². The van der Waals surface area contributed by atoms with Gasteiger partial charge in [-0.1, -0.05) is 12.1 Å². The lowest BCUT2D eigenvalue weighted by atomic mass is 9.75. The Morgan fingerprint density at radius 2 is 1.82 bits per heavy atom. The molecule has 28 heavy (non-hydrogen) atoms. The highest BCUT2D eigenvalue weighted by molar-refractivity contribution is 5.58. The minimum absolute atomic E-state index is 0.424. The Balaban J connectivity index is 1.58. The molecule has 6 rings (SSSR count). The molecule has 5 nitrogen and oxygen atoms in total. The van der Waals surface area contributed by atoms with Crippen LogP contribution in [0.15, 0.2) is 36.4 Å². The molecule has 3 atom stereocenters. The van der Waals surface area contributed by atoms with Gasteiger partial charge in [-0.2, -0.15) is 5.26 Å². The maximum Gasteiger partial charge on any atom is 0.147 e. The van der Waals surface area contributed by atoms with Gasteiger partial charge in [0.15, 0.2) is 0 Å². The first kappa shape index (κ1) is 17.5. The smallest absolute Gasteiger partial charge is 0.147 e. The first-order chi connectivity index (χ1) is 13.7. The highest BCUT2D eigenvalue weighted by Gasteiger charge is 2.54. The molecule has 2 aromatic rings. The van der Waals surface area contributed by atoms with Gasteiger partial charge in [0.25, 0.3) is 0 Å². The van der Waals surface area contributed by atoms with Gasteiger partial charge in [0.2, 0.25) is 0 Å². The number of hydrogen-bond donors (Lipinski definition) is 0. The van der Waals surface area contributed by atoms with Crippen LogP contribution in [0.1, 0.15) is 35.6 Å². The Labute approximate surface area is 166 Å². The van der Waals surface area contributed by atoms with Crippen LogP contribution in [0.2, 0.25) is 0 Å². The van der Waals surface area contributed by atoms with Gasteiger partial charge < -0.3 is 9.64 Å². The van der Waals surface area contributed by atoms with Gasteiger partial charge >= 0.3 is 0 Å². The molecule has 4 saturated heterocycles. The summed E-state index contributed by atoms with van der Waals surface area (Å²) in [5, 5.41) is 9.70. The second kappa shape index (κ2) is 6.79. The number of rotatable bonds is 3. The van der Waals surface area contributed by atoms with E-state index in [4.69, 9.17) is 9.72 Å². The topological polar surface area (TPSA) is 52.4 Å². The van der Waals surface area contributed by atoms with Gasteiger partial charge in [-0.05, 0) is 68.6 Å². The number of benzene rings is 1. The van der Waals surface area contributed by atoms with Gasteiger partial charge in [0.05, 0.1) is 12.7 Å². The quantitative estimate of drug-likeness (QED) is 0.825. The maximum atomic E-state index is 9.70. The van der Waals surface area contributed by atoms with E-state index in [9.17, 15) is 5.26 Å². The Bertz CT molecular complexity index is 911. The van der Waals surface area contributed by atoms with Crippen LogP contribution in [-0.4, -0.2) is 48.7 Å². The Hall–Kier alpha value is -2.58. The van der Waals surface area contributed by atoms with E-state index in [0.29, 0.717) is 29.5 Å². The van der Waals surface area contributed by atoms with Crippen molar-refractivity contribution < 1.29 is 4.74 Å². The fourth-order valence-electron chi connectivity index (χ4n) is 5.66. The number of piperidine rings is 3. The predicted molar refractivity (Wildman–Crippen MR) is 109 cm³/mol. The zero-order valence-corrected chi connectivity index (χ0v) is 16.5. The molecule has 0 radical (unpaired) electrons. The number of hydrogen-bond acceptors (Lipinski definition) is 5. The molecule has 2 bridgehead atoms. The standard InChI is InChI=1S/C23H26N4O/c1-15-3-4-18(13-24)23(25-15)27-14-20(16-5-7-19(28-2)8-6-16)22-21(27)17-9-11-26(22)12-10-17/h3-8,17,20-22H,9-12,14H2,1-2H3/t20-,21+,22+/m0/s1. The SMILES string of the molecule is COc1ccc([C@@H]2CN(c3nc(C)ccc3C#N)[C@@H]3C4CCN(CC4)[C@@H]32)cc1. The summed E-state index contributed by atoms with van der Waals surface area (Å²) < 4.78 is 5.35. The summed E-state index contributed by atoms with van der Waals surface area (Å²) in [6.07, 6.45) is 2.50. The van der Waals surface area contributed by atoms with Crippen molar-refractivity contribution in [2.75, 3.05) is 31.6 Å². The fraction of sp³-hybridized carbons (Fsp3) is 0.478. The van der Waals surface area contributed by atoms with Crippen LogP contribution in [0.25, 0.3) is 0 Å². The Morgan fingerprint density at radius 3 is 2.50 bits per heavy atom. The van der Waals surface area contributed by atoms with Crippen molar-refractivity contribution in [3.05, 3.63) is 53.2 Å². The molecule has 4 aliphatic heterocycles. The minimum Gasteiger partial charge on any atom is -0.497 e. The van der Waals surface area contributed by atoms with Crippen molar-refractivity contribution in [1.29, 1.82) is 5.26 Å². The second-order valence-electron chi connectivity index (χ2n) is 8.32. The van der Waals surface area contributed by atoms with Crippen molar-refractivity contribution in [1.82, 2.24) is 9.88 Å². The van der Waals surface area contributed by atoms with Gasteiger partial charge in [0, 0.05) is 30.2 Å². The molecular weight excluding hydrogens is 348 g/mol. The number of ether oxygens (including phenoxy) is 1. The summed E-state index contributed by atoms with van der Waals surface area (Å²) in [6, 6.07) is 15.7. The predicted octanol–water partition coefficient (Wildman–Crippen LogP) is 3.34. The van der Waals surface area contributed by atoms with Crippen LogP contribution in [0.3, 0.4) is 0 Å². The lowest BCUT2D eigenvalue weighted by molar-refractivity contribution is 0.0354. The Kier molecular flexibility index (Phi) is 4.25. The number of nitrogens with zero attached hydrogens (tertiary/aromatic N) is 4. The van der Waals surface area contributed by atoms with Crippen molar-refractivity contribution >= 4 is 5.82 Å². The summed E-state index contributed by atoms with van der Waals surface area (Å²) in [6.45, 7) is 5.31. The van der Waals surface area contributed by atoms with E-state index in [-0.39, 0.29) is 0 Å². The van der Waals surface area contributed by atoms with Crippen LogP contribution >= 0.6 is 0 Å². The number of aryl methyl sites for hydroxylation is 1. The van der Waals surface area contributed by atoms with E-state index < -0.39 is 0 Å². The molecule has 5 heteroatoms. The Morgan fingerprint density at radius 1 is 1.07 bits per heavy atom. The summed E-state index contributed by atoms with van der Waals surface area (Å²) in [5.74, 6) is 2.88. The largest absolute Gasteiger partial charge is 0.497 e. The van der Waals surface area contributed by atoms with E-state index in [1.165, 1.54) is 31.5 Å². The first-order valence-corrected chi connectivity index (χ1v) is 10.2. The monoisotopic (exact) mass is 374 g/mol. The number of methoxy groups -OCH3 is 1. The maximum absolute atomic E-state index is 9.70. The normalized spacial score (nSPS) is 30.8. The molecule has 4 fully saturated rings. The van der Waals surface area contributed by atoms with E-state index in [1.54, 1.807) is 7.11 Å². The van der Waals surface area contributed by atoms with Crippen LogP contribution in [0.4, 0.5) is 5.82 Å². The molecule has 5 heterocycles. The number of nitriles is 1. The number of fused-ring (bicyclic) bond motifs is 2. The lowest BCUT2D eigenvalue weighted by Crippen LogP contribution is -2.60. The van der Waals surface area contributed by atoms with Crippen molar-refractivity contribution in [2.45, 2.75) is 37.8 Å². The summed E-state index contributed by atoms with van der Waals surface area (Å²) >= 11 is 0. The van der Waals surface area contributed by atoms with Gasteiger partial charge in [0.1, 0.15) is 17.6 Å². The molecule has 1 aromatic heterocycles. The first-order valence-electron chi connectivity index (χ1n) is 10.2. The highest BCUT2D eigenvalue weighted by atomic mass is 16.5. The van der Waals surface area contributed by atoms with Gasteiger partial charge in [-0.15, -0.1) is 0 Å². The molecular formula is C23H26N4O. The number of aromatic nitrogens is 1. The average molecular weight is 374 g/mol. The van der Waals surface area contributed by atoms with Crippen LogP contribution < -0.4 is 9.64 Å². The summed E-state index contributed by atoms with van der Waals surface area (Å²) in [4.78, 5) is 9.96. The molecule has 1 aromatic carbocycles. The molecule has 0 aliphatic carbocycles. The molecule has 0 unspecified atom stereocenters. The third kappa shape index (κ3) is 2.67. The lowest BCUT2D eigenvalue weighted by Gasteiger charge is -2.51. The number of pyridine rings is 1. The zero-order valence-electron chi connectivity index (χ0n) is 16.5. The van der Waals surface area contributed by atoms with Crippen LogP contribution in [-0.2, 0) is 0 Å². The third-order valence-electron chi connectivity index (χ3n) is 6.95. The van der Waals surface area contributed by atoms with Gasteiger partial charge in [-0.25, -0.2) is 4.98 Å². The minimum atomic E-state index is 0.424. The van der Waals surface area contributed by atoms with Crippen molar-refractivity contribution in [3.8, 4) is 11.8 Å².